The molecule has 0 amide bonds. The summed E-state index contributed by atoms with van der Waals surface area (Å²) in [5.74, 6) is 0.838. The van der Waals surface area contributed by atoms with Crippen molar-refractivity contribution in [1.82, 2.24) is 19.7 Å². The molecule has 4 rings (SSSR count). The van der Waals surface area contributed by atoms with Crippen molar-refractivity contribution in [2.24, 2.45) is 13.0 Å². The third-order valence-electron chi connectivity index (χ3n) is 5.54. The van der Waals surface area contributed by atoms with Gasteiger partial charge in [0.15, 0.2) is 0 Å². The number of hydrogen-bond acceptors (Lipinski definition) is 3. The monoisotopic (exact) mass is 326 g/mol. The van der Waals surface area contributed by atoms with Crippen LogP contribution < -0.4 is 5.32 Å². The van der Waals surface area contributed by atoms with Gasteiger partial charge in [-0.25, -0.2) is 0 Å². The normalized spacial score (nSPS) is 23.2. The van der Waals surface area contributed by atoms with Crippen molar-refractivity contribution in [3.63, 3.8) is 0 Å². The van der Waals surface area contributed by atoms with Crippen LogP contribution in [-0.2, 0) is 7.05 Å². The molecule has 1 saturated carbocycles. The molecule has 0 bridgehead atoms. The second-order valence-corrected chi connectivity index (χ2v) is 7.29. The third kappa shape index (κ3) is 2.43. The summed E-state index contributed by atoms with van der Waals surface area (Å²) in [6.45, 7) is 2.36. The summed E-state index contributed by atoms with van der Waals surface area (Å²) in [5.41, 5.74) is 4.37. The second kappa shape index (κ2) is 5.90. The van der Waals surface area contributed by atoms with Gasteiger partial charge in [0.1, 0.15) is 11.7 Å². The molecule has 1 aliphatic rings. The van der Waals surface area contributed by atoms with E-state index in [9.17, 15) is 5.11 Å². The van der Waals surface area contributed by atoms with Gasteiger partial charge in [0.25, 0.3) is 0 Å². The Hall–Kier alpha value is -1.85. The first kappa shape index (κ1) is 15.7. The summed E-state index contributed by atoms with van der Waals surface area (Å²) >= 11 is 0. The molecule has 0 saturated heterocycles. The van der Waals surface area contributed by atoms with E-state index in [1.54, 1.807) is 7.05 Å². The molecule has 5 nitrogen and oxygen atoms in total. The van der Waals surface area contributed by atoms with Crippen molar-refractivity contribution in [2.75, 3.05) is 7.05 Å². The molecule has 24 heavy (non-hydrogen) atoms. The van der Waals surface area contributed by atoms with Gasteiger partial charge in [-0.3, -0.25) is 10.00 Å². The second-order valence-electron chi connectivity index (χ2n) is 7.29. The fourth-order valence-electron chi connectivity index (χ4n) is 4.16. The number of aromatic nitrogens is 3. The molecule has 1 aliphatic carbocycles. The van der Waals surface area contributed by atoms with E-state index >= 15 is 0 Å². The van der Waals surface area contributed by atoms with Crippen LogP contribution in [0.4, 0.5) is 0 Å². The molecule has 5 heteroatoms. The van der Waals surface area contributed by atoms with E-state index in [0.717, 1.165) is 22.4 Å². The summed E-state index contributed by atoms with van der Waals surface area (Å²) in [6.07, 6.45) is 6.53. The minimum absolute atomic E-state index is 0.547. The lowest BCUT2D eigenvalue weighted by molar-refractivity contribution is 0.149. The Labute approximate surface area is 142 Å². The summed E-state index contributed by atoms with van der Waals surface area (Å²) in [6, 6.07) is 6.79. The number of aliphatic hydroxyl groups is 1. The van der Waals surface area contributed by atoms with Gasteiger partial charge in [-0.05, 0) is 56.3 Å². The summed E-state index contributed by atoms with van der Waals surface area (Å²) < 4.78 is 4.38. The average Bonchev–Trinajstić information content (AvgIpc) is 3.09. The van der Waals surface area contributed by atoms with E-state index in [4.69, 9.17) is 5.10 Å². The number of fused-ring (bicyclic) bond motifs is 3. The first-order valence-electron chi connectivity index (χ1n) is 8.91. The Bertz CT molecular complexity index is 870. The molecule has 1 atom stereocenters. The maximum absolute atomic E-state index is 10.1. The van der Waals surface area contributed by atoms with Gasteiger partial charge in [-0.1, -0.05) is 13.0 Å². The molecule has 2 heterocycles. The molecule has 0 spiro atoms. The van der Waals surface area contributed by atoms with E-state index in [0.29, 0.717) is 6.04 Å². The topological polar surface area (TPSA) is 55.0 Å². The molecular formula is C19H26N4O. The minimum Gasteiger partial charge on any atom is -0.374 e. The number of hydrogen-bond donors (Lipinski definition) is 2. The van der Waals surface area contributed by atoms with Gasteiger partial charge in [0.2, 0.25) is 0 Å². The fourth-order valence-corrected chi connectivity index (χ4v) is 4.16. The predicted molar refractivity (Wildman–Crippen MR) is 96.9 cm³/mol. The molecule has 1 aromatic carbocycles. The highest BCUT2D eigenvalue weighted by atomic mass is 16.3. The number of nitrogens with one attached hydrogen (secondary N) is 1. The first-order valence-corrected chi connectivity index (χ1v) is 8.91. The summed E-state index contributed by atoms with van der Waals surface area (Å²) in [5, 5.41) is 18.8. The van der Waals surface area contributed by atoms with Crippen LogP contribution in [0.25, 0.3) is 21.9 Å². The fraction of sp³-hybridized carbons (Fsp3) is 0.526. The van der Waals surface area contributed by atoms with Crippen LogP contribution in [0.1, 0.15) is 50.4 Å². The lowest BCUT2D eigenvalue weighted by Crippen LogP contribution is -2.17. The third-order valence-corrected chi connectivity index (χ3v) is 5.54. The van der Waals surface area contributed by atoms with Gasteiger partial charge >= 0.3 is 0 Å². The standard InChI is InChI=1S/C19H26N4O/c1-12-4-7-14(8-5-12)23-16-9-6-13(19(24)20-2)10-15(16)18-17(23)11-22(3)21-18/h6,9-12,14,19-20,24H,4-5,7-8H2,1-3H3. The molecule has 2 N–H and O–H groups in total. The molecular weight excluding hydrogens is 300 g/mol. The molecule has 3 aromatic rings. The zero-order valence-corrected chi connectivity index (χ0v) is 14.7. The SMILES string of the molecule is CNC(O)c1ccc2c(c1)c1nn(C)cc1n2C1CCC(C)CC1. The highest BCUT2D eigenvalue weighted by molar-refractivity contribution is 6.06. The number of aryl methyl sites for hydroxylation is 1. The number of nitrogens with zero attached hydrogens (tertiary/aromatic N) is 3. The molecule has 1 unspecified atom stereocenters. The molecule has 0 radical (unpaired) electrons. The maximum atomic E-state index is 10.1. The van der Waals surface area contributed by atoms with Crippen molar-refractivity contribution in [2.45, 2.75) is 44.9 Å². The Morgan fingerprint density at radius 3 is 2.67 bits per heavy atom. The van der Waals surface area contributed by atoms with E-state index in [-0.39, 0.29) is 0 Å². The van der Waals surface area contributed by atoms with Crippen LogP contribution in [0.3, 0.4) is 0 Å². The molecule has 0 aliphatic heterocycles. The number of rotatable bonds is 3. The van der Waals surface area contributed by atoms with Gasteiger partial charge in [0.05, 0.1) is 11.0 Å². The molecule has 128 valence electrons. The summed E-state index contributed by atoms with van der Waals surface area (Å²) in [7, 11) is 3.74. The predicted octanol–water partition coefficient (Wildman–Crippen LogP) is 3.49. The van der Waals surface area contributed by atoms with Gasteiger partial charge in [-0.15, -0.1) is 0 Å². The van der Waals surface area contributed by atoms with Crippen molar-refractivity contribution >= 4 is 21.9 Å². The Kier molecular flexibility index (Phi) is 3.85. The minimum atomic E-state index is -0.646. The lowest BCUT2D eigenvalue weighted by Gasteiger charge is -2.28. The van der Waals surface area contributed by atoms with Gasteiger partial charge < -0.3 is 9.67 Å². The smallest absolute Gasteiger partial charge is 0.130 e. The summed E-state index contributed by atoms with van der Waals surface area (Å²) in [4.78, 5) is 0. The highest BCUT2D eigenvalue weighted by Crippen LogP contribution is 2.39. The van der Waals surface area contributed by atoms with Crippen molar-refractivity contribution in [3.05, 3.63) is 30.0 Å². The van der Waals surface area contributed by atoms with Crippen molar-refractivity contribution in [1.29, 1.82) is 0 Å². The Morgan fingerprint density at radius 1 is 1.21 bits per heavy atom. The number of benzene rings is 1. The highest BCUT2D eigenvalue weighted by Gasteiger charge is 2.25. The van der Waals surface area contributed by atoms with Crippen LogP contribution in [0.5, 0.6) is 0 Å². The maximum Gasteiger partial charge on any atom is 0.130 e. The van der Waals surface area contributed by atoms with E-state index in [1.807, 2.05) is 17.8 Å². The number of aliphatic hydroxyl groups excluding tert-OH is 1. The largest absolute Gasteiger partial charge is 0.374 e. The lowest BCUT2D eigenvalue weighted by atomic mass is 9.87. The van der Waals surface area contributed by atoms with Crippen LogP contribution in [0, 0.1) is 5.92 Å². The van der Waals surface area contributed by atoms with Gasteiger partial charge in [-0.2, -0.15) is 5.10 Å². The van der Waals surface area contributed by atoms with Crippen molar-refractivity contribution in [3.8, 4) is 0 Å². The molecule has 2 aromatic heterocycles. The van der Waals surface area contributed by atoms with Crippen molar-refractivity contribution < 1.29 is 5.11 Å². The van der Waals surface area contributed by atoms with Gasteiger partial charge in [0, 0.05) is 24.7 Å². The first-order chi connectivity index (χ1) is 11.6. The quantitative estimate of drug-likeness (QED) is 0.725. The van der Waals surface area contributed by atoms with E-state index < -0.39 is 6.23 Å². The zero-order valence-electron chi connectivity index (χ0n) is 14.7. The van der Waals surface area contributed by atoms with Crippen LogP contribution in [0.15, 0.2) is 24.4 Å². The Morgan fingerprint density at radius 2 is 1.96 bits per heavy atom. The van der Waals surface area contributed by atoms with Crippen LogP contribution >= 0.6 is 0 Å². The van der Waals surface area contributed by atoms with Crippen LogP contribution in [0.2, 0.25) is 0 Å². The Balaban J connectivity index is 1.90. The molecule has 1 fully saturated rings. The van der Waals surface area contributed by atoms with E-state index in [2.05, 4.69) is 35.1 Å². The van der Waals surface area contributed by atoms with Crippen LogP contribution in [-0.4, -0.2) is 26.5 Å². The zero-order chi connectivity index (χ0) is 16.8. The van der Waals surface area contributed by atoms with E-state index in [1.165, 1.54) is 36.7 Å². The average molecular weight is 326 g/mol.